The minimum absolute atomic E-state index is 0.0879. The van der Waals surface area contributed by atoms with Crippen LogP contribution in [0.5, 0.6) is 0 Å². The van der Waals surface area contributed by atoms with Crippen molar-refractivity contribution in [2.45, 2.75) is 13.0 Å². The van der Waals surface area contributed by atoms with E-state index >= 15 is 0 Å². The summed E-state index contributed by atoms with van der Waals surface area (Å²) in [6, 6.07) is 5.36. The van der Waals surface area contributed by atoms with Gasteiger partial charge >= 0.3 is 0 Å². The second kappa shape index (κ2) is 5.75. The van der Waals surface area contributed by atoms with Crippen molar-refractivity contribution in [3.63, 3.8) is 0 Å². The summed E-state index contributed by atoms with van der Waals surface area (Å²) < 4.78 is 14.5. The highest BCUT2D eigenvalue weighted by Crippen LogP contribution is 2.14. The summed E-state index contributed by atoms with van der Waals surface area (Å²) in [6.07, 6.45) is 1.23. The first-order valence-electron chi connectivity index (χ1n) is 5.85. The Morgan fingerprint density at radius 3 is 3.00 bits per heavy atom. The van der Waals surface area contributed by atoms with Crippen molar-refractivity contribution in [2.24, 2.45) is 0 Å². The number of nitrogens with two attached hydrogens (primary N) is 1. The molecule has 1 saturated heterocycles. The Morgan fingerprint density at radius 2 is 2.19 bits per heavy atom. The summed E-state index contributed by atoms with van der Waals surface area (Å²) >= 11 is 3.28. The summed E-state index contributed by atoms with van der Waals surface area (Å²) in [7, 11) is 0. The maximum Gasteiger partial charge on any atom is 0.133 e. The van der Waals surface area contributed by atoms with Gasteiger partial charge < -0.3 is 10.2 Å². The van der Waals surface area contributed by atoms with Crippen molar-refractivity contribution in [1.82, 2.24) is 0 Å². The number of hydrogen-bond donors (Lipinski definition) is 2. The van der Waals surface area contributed by atoms with Gasteiger partial charge in [0.15, 0.2) is 0 Å². The molecule has 0 aromatic heterocycles. The molecule has 0 bridgehead atoms. The fraction of sp³-hybridized carbons (Fsp3) is 0.500. The largest absolute Gasteiger partial charge is 0.341 e. The van der Waals surface area contributed by atoms with Gasteiger partial charge in [0, 0.05) is 16.5 Å². The molecule has 2 nitrogen and oxygen atoms in total. The van der Waals surface area contributed by atoms with E-state index in [4.69, 9.17) is 0 Å². The fourth-order valence-corrected chi connectivity index (χ4v) is 2.52. The van der Waals surface area contributed by atoms with Gasteiger partial charge in [-0.3, -0.25) is 0 Å². The van der Waals surface area contributed by atoms with Gasteiger partial charge in [0.1, 0.15) is 25.5 Å². The van der Waals surface area contributed by atoms with Crippen LogP contribution in [0.4, 0.5) is 4.39 Å². The van der Waals surface area contributed by atoms with Crippen LogP contribution in [0.25, 0.3) is 0 Å². The average molecular weight is 289 g/mol. The van der Waals surface area contributed by atoms with Crippen LogP contribution in [0.3, 0.4) is 0 Å². The Hall–Kier alpha value is -0.450. The normalized spacial score (nSPS) is 21.8. The molecule has 0 radical (unpaired) electrons. The molecule has 0 amide bonds. The molecule has 1 aromatic rings. The molecule has 1 aliphatic rings. The Labute approximate surface area is 104 Å². The standard InChI is InChI=1S/C12H16BrFN2/c13-11-3-2-10(12(14)8-11)9-16-6-1-4-15-5-7-16/h2-3,8,15H,1,4-7,9H2/p+2. The van der Waals surface area contributed by atoms with Gasteiger partial charge in [-0.1, -0.05) is 15.9 Å². The van der Waals surface area contributed by atoms with Crippen LogP contribution < -0.4 is 10.2 Å². The first-order valence-corrected chi connectivity index (χ1v) is 6.64. The molecule has 0 spiro atoms. The summed E-state index contributed by atoms with van der Waals surface area (Å²) in [4.78, 5) is 1.50. The Kier molecular flexibility index (Phi) is 4.32. The Morgan fingerprint density at radius 1 is 1.31 bits per heavy atom. The molecular formula is C12H18BrFN2+2. The lowest BCUT2D eigenvalue weighted by atomic mass is 10.2. The molecule has 1 aliphatic heterocycles. The lowest BCUT2D eigenvalue weighted by Gasteiger charge is -2.16. The number of halogens is 2. The quantitative estimate of drug-likeness (QED) is 0.761. The minimum Gasteiger partial charge on any atom is -0.341 e. The molecule has 88 valence electrons. The van der Waals surface area contributed by atoms with Gasteiger partial charge in [-0.2, -0.15) is 0 Å². The third kappa shape index (κ3) is 3.27. The van der Waals surface area contributed by atoms with E-state index in [1.807, 2.05) is 12.1 Å². The van der Waals surface area contributed by atoms with Crippen LogP contribution in [0.15, 0.2) is 22.7 Å². The lowest BCUT2D eigenvalue weighted by molar-refractivity contribution is -0.917. The number of rotatable bonds is 2. The van der Waals surface area contributed by atoms with Crippen LogP contribution in [-0.2, 0) is 6.54 Å². The Bertz CT molecular complexity index is 349. The molecule has 1 heterocycles. The Balaban J connectivity index is 2.01. The summed E-state index contributed by atoms with van der Waals surface area (Å²) in [5.74, 6) is -0.0879. The lowest BCUT2D eigenvalue weighted by Crippen LogP contribution is -3.12. The maximum atomic E-state index is 13.7. The summed E-state index contributed by atoms with van der Waals surface area (Å²) in [6.45, 7) is 5.48. The molecule has 1 fully saturated rings. The van der Waals surface area contributed by atoms with Crippen molar-refractivity contribution < 1.29 is 14.6 Å². The van der Waals surface area contributed by atoms with E-state index in [0.717, 1.165) is 36.2 Å². The van der Waals surface area contributed by atoms with Gasteiger partial charge in [0.25, 0.3) is 0 Å². The van der Waals surface area contributed by atoms with Crippen molar-refractivity contribution in [2.75, 3.05) is 26.2 Å². The fourth-order valence-electron chi connectivity index (χ4n) is 2.18. The first-order chi connectivity index (χ1) is 7.75. The van der Waals surface area contributed by atoms with E-state index in [2.05, 4.69) is 21.2 Å². The first kappa shape index (κ1) is 12.0. The van der Waals surface area contributed by atoms with Crippen LogP contribution in [-0.4, -0.2) is 26.2 Å². The van der Waals surface area contributed by atoms with Gasteiger partial charge in [0.2, 0.25) is 0 Å². The van der Waals surface area contributed by atoms with Gasteiger partial charge in [0.05, 0.1) is 13.1 Å². The zero-order chi connectivity index (χ0) is 11.4. The van der Waals surface area contributed by atoms with Gasteiger partial charge in [-0.05, 0) is 18.2 Å². The molecule has 0 aliphatic carbocycles. The van der Waals surface area contributed by atoms with E-state index < -0.39 is 0 Å². The molecule has 16 heavy (non-hydrogen) atoms. The molecule has 3 N–H and O–H groups in total. The predicted octanol–water partition coefficient (Wildman–Crippen LogP) is -0.0598. The number of quaternary nitrogens is 2. The second-order valence-electron chi connectivity index (χ2n) is 4.38. The smallest absolute Gasteiger partial charge is 0.133 e. The molecule has 1 unspecified atom stereocenters. The molecule has 2 rings (SSSR count). The second-order valence-corrected chi connectivity index (χ2v) is 5.30. The molecule has 1 atom stereocenters. The van der Waals surface area contributed by atoms with Crippen LogP contribution in [0, 0.1) is 5.82 Å². The summed E-state index contributed by atoms with van der Waals surface area (Å²) in [5, 5.41) is 2.35. The van der Waals surface area contributed by atoms with Crippen LogP contribution in [0.2, 0.25) is 0 Å². The van der Waals surface area contributed by atoms with E-state index in [-0.39, 0.29) is 5.82 Å². The highest BCUT2D eigenvalue weighted by molar-refractivity contribution is 9.10. The maximum absolute atomic E-state index is 13.7. The molecule has 1 aromatic carbocycles. The van der Waals surface area contributed by atoms with Crippen molar-refractivity contribution in [1.29, 1.82) is 0 Å². The SMILES string of the molecule is Fc1cc(Br)ccc1C[NH+]1CCC[NH2+]CC1. The molecular weight excluding hydrogens is 271 g/mol. The van der Waals surface area contributed by atoms with Gasteiger partial charge in [-0.15, -0.1) is 0 Å². The van der Waals surface area contributed by atoms with Crippen LogP contribution >= 0.6 is 15.9 Å². The zero-order valence-corrected chi connectivity index (χ0v) is 10.9. The number of benzene rings is 1. The minimum atomic E-state index is -0.0879. The highest BCUT2D eigenvalue weighted by atomic mass is 79.9. The van der Waals surface area contributed by atoms with Gasteiger partial charge in [-0.25, -0.2) is 4.39 Å². The summed E-state index contributed by atoms with van der Waals surface area (Å²) in [5.41, 5.74) is 0.833. The van der Waals surface area contributed by atoms with E-state index in [1.165, 1.54) is 17.9 Å². The van der Waals surface area contributed by atoms with Crippen molar-refractivity contribution >= 4 is 15.9 Å². The predicted molar refractivity (Wildman–Crippen MR) is 64.8 cm³/mol. The van der Waals surface area contributed by atoms with Crippen molar-refractivity contribution in [3.8, 4) is 0 Å². The van der Waals surface area contributed by atoms with Crippen molar-refractivity contribution in [3.05, 3.63) is 34.1 Å². The molecule has 0 saturated carbocycles. The number of nitrogens with one attached hydrogen (secondary N) is 1. The average Bonchev–Trinajstić information content (AvgIpc) is 2.51. The van der Waals surface area contributed by atoms with E-state index in [9.17, 15) is 4.39 Å². The monoisotopic (exact) mass is 288 g/mol. The highest BCUT2D eigenvalue weighted by Gasteiger charge is 2.16. The van der Waals surface area contributed by atoms with Crippen LogP contribution in [0.1, 0.15) is 12.0 Å². The van der Waals surface area contributed by atoms with E-state index in [1.54, 1.807) is 6.07 Å². The zero-order valence-electron chi connectivity index (χ0n) is 9.31. The van der Waals surface area contributed by atoms with E-state index in [0.29, 0.717) is 0 Å². The third-order valence-electron chi connectivity index (χ3n) is 3.10. The topological polar surface area (TPSA) is 21.1 Å². The molecule has 4 heteroatoms. The number of hydrogen-bond acceptors (Lipinski definition) is 0. The third-order valence-corrected chi connectivity index (χ3v) is 3.59.